The Bertz CT molecular complexity index is 732. The van der Waals surface area contributed by atoms with Gasteiger partial charge in [-0.25, -0.2) is 4.79 Å². The first-order chi connectivity index (χ1) is 10.2. The van der Waals surface area contributed by atoms with Crippen LogP contribution in [0.5, 0.6) is 11.5 Å². The molecule has 0 atom stereocenters. The van der Waals surface area contributed by atoms with Gasteiger partial charge in [-0.2, -0.15) is 13.2 Å². The van der Waals surface area contributed by atoms with Gasteiger partial charge >= 0.3 is 12.1 Å². The first-order valence-electron chi connectivity index (χ1n) is 5.76. The number of halogens is 5. The van der Waals surface area contributed by atoms with E-state index < -0.39 is 17.7 Å². The van der Waals surface area contributed by atoms with Crippen molar-refractivity contribution in [1.29, 1.82) is 0 Å². The van der Waals surface area contributed by atoms with Gasteiger partial charge in [0.15, 0.2) is 0 Å². The van der Waals surface area contributed by atoms with Gasteiger partial charge in [0.1, 0.15) is 11.5 Å². The van der Waals surface area contributed by atoms with Crippen LogP contribution in [-0.4, -0.2) is 11.1 Å². The third kappa shape index (κ3) is 3.72. The summed E-state index contributed by atoms with van der Waals surface area (Å²) in [6.07, 6.45) is -4.46. The maximum absolute atomic E-state index is 12.6. The minimum atomic E-state index is -4.46. The molecule has 0 unspecified atom stereocenters. The Hall–Kier alpha value is -1.73. The lowest BCUT2D eigenvalue weighted by Gasteiger charge is -2.12. The highest BCUT2D eigenvalue weighted by atomic mass is 79.9. The quantitative estimate of drug-likeness (QED) is 0.734. The molecule has 0 heterocycles. The Morgan fingerprint density at radius 1 is 1.18 bits per heavy atom. The SMILES string of the molecule is O=C(O)c1cc(Oc2ccc(C(F)(F)F)cc2Br)ccc1Cl. The molecular weight excluding hydrogens is 389 g/mol. The molecule has 2 aromatic carbocycles. The van der Waals surface area contributed by atoms with E-state index in [1.807, 2.05) is 0 Å². The minimum Gasteiger partial charge on any atom is -0.478 e. The van der Waals surface area contributed by atoms with Crippen molar-refractivity contribution >= 4 is 33.5 Å². The third-order valence-corrected chi connectivity index (χ3v) is 3.60. The number of carboxylic acid groups (broad SMARTS) is 1. The van der Waals surface area contributed by atoms with Gasteiger partial charge in [0, 0.05) is 0 Å². The van der Waals surface area contributed by atoms with Gasteiger partial charge in [0.2, 0.25) is 0 Å². The van der Waals surface area contributed by atoms with Crippen LogP contribution in [-0.2, 0) is 6.18 Å². The molecule has 0 aromatic heterocycles. The van der Waals surface area contributed by atoms with Gasteiger partial charge in [0.25, 0.3) is 0 Å². The molecule has 0 aliphatic rings. The molecule has 1 N–H and O–H groups in total. The number of carbonyl (C=O) groups is 1. The third-order valence-electron chi connectivity index (χ3n) is 2.66. The Balaban J connectivity index is 2.32. The number of benzene rings is 2. The summed E-state index contributed by atoms with van der Waals surface area (Å²) < 4.78 is 43.2. The highest BCUT2D eigenvalue weighted by Gasteiger charge is 2.31. The van der Waals surface area contributed by atoms with Crippen LogP contribution in [0.4, 0.5) is 13.2 Å². The van der Waals surface area contributed by atoms with Crippen molar-refractivity contribution in [3.8, 4) is 11.5 Å². The van der Waals surface area contributed by atoms with Crippen LogP contribution in [0.3, 0.4) is 0 Å². The summed E-state index contributed by atoms with van der Waals surface area (Å²) in [5.41, 5.74) is -0.990. The monoisotopic (exact) mass is 394 g/mol. The highest BCUT2D eigenvalue weighted by Crippen LogP contribution is 2.37. The topological polar surface area (TPSA) is 46.5 Å². The fraction of sp³-hybridized carbons (Fsp3) is 0.0714. The van der Waals surface area contributed by atoms with E-state index in [4.69, 9.17) is 21.4 Å². The van der Waals surface area contributed by atoms with Crippen LogP contribution < -0.4 is 4.74 Å². The average molecular weight is 396 g/mol. The predicted octanol–water partition coefficient (Wildman–Crippen LogP) is 5.61. The average Bonchev–Trinajstić information content (AvgIpc) is 2.41. The van der Waals surface area contributed by atoms with E-state index in [1.54, 1.807) is 0 Å². The number of carboxylic acids is 1. The molecule has 2 aromatic rings. The van der Waals surface area contributed by atoms with Gasteiger partial charge < -0.3 is 9.84 Å². The largest absolute Gasteiger partial charge is 0.478 e. The van der Waals surface area contributed by atoms with E-state index in [0.29, 0.717) is 0 Å². The summed E-state index contributed by atoms with van der Waals surface area (Å²) in [5.74, 6) is -0.976. The highest BCUT2D eigenvalue weighted by molar-refractivity contribution is 9.10. The van der Waals surface area contributed by atoms with E-state index >= 15 is 0 Å². The van der Waals surface area contributed by atoms with Crippen LogP contribution in [0, 0.1) is 0 Å². The summed E-state index contributed by atoms with van der Waals surface area (Å²) in [7, 11) is 0. The van der Waals surface area contributed by atoms with Crippen LogP contribution in [0.1, 0.15) is 15.9 Å². The van der Waals surface area contributed by atoms with Crippen molar-refractivity contribution in [2.45, 2.75) is 6.18 Å². The smallest absolute Gasteiger partial charge is 0.416 e. The molecule has 0 spiro atoms. The van der Waals surface area contributed by atoms with E-state index in [1.165, 1.54) is 18.2 Å². The Labute approximate surface area is 136 Å². The molecule has 2 rings (SSSR count). The van der Waals surface area contributed by atoms with Crippen molar-refractivity contribution < 1.29 is 27.8 Å². The fourth-order valence-electron chi connectivity index (χ4n) is 1.62. The summed E-state index contributed by atoms with van der Waals surface area (Å²) in [6.45, 7) is 0. The van der Waals surface area contributed by atoms with E-state index in [0.717, 1.165) is 18.2 Å². The first-order valence-corrected chi connectivity index (χ1v) is 6.93. The molecule has 0 fully saturated rings. The van der Waals surface area contributed by atoms with Crippen molar-refractivity contribution in [1.82, 2.24) is 0 Å². The molecule has 0 saturated carbocycles. The van der Waals surface area contributed by atoms with Crippen LogP contribution in [0.15, 0.2) is 40.9 Å². The molecule has 0 radical (unpaired) electrons. The lowest BCUT2D eigenvalue weighted by Crippen LogP contribution is -2.04. The summed E-state index contributed by atoms with van der Waals surface area (Å²) in [5, 5.41) is 9.00. The Morgan fingerprint density at radius 2 is 1.86 bits per heavy atom. The second kappa shape index (κ2) is 6.18. The molecule has 116 valence electrons. The first kappa shape index (κ1) is 16.6. The van der Waals surface area contributed by atoms with Gasteiger partial charge in [-0.05, 0) is 52.3 Å². The van der Waals surface area contributed by atoms with Crippen molar-refractivity contribution in [3.63, 3.8) is 0 Å². The van der Waals surface area contributed by atoms with Crippen LogP contribution in [0.25, 0.3) is 0 Å². The second-order valence-electron chi connectivity index (χ2n) is 4.19. The van der Waals surface area contributed by atoms with Crippen LogP contribution in [0.2, 0.25) is 5.02 Å². The summed E-state index contributed by atoms with van der Waals surface area (Å²) in [4.78, 5) is 11.0. The van der Waals surface area contributed by atoms with E-state index in [2.05, 4.69) is 15.9 Å². The van der Waals surface area contributed by atoms with Crippen molar-refractivity contribution in [2.24, 2.45) is 0 Å². The number of hydrogen-bond donors (Lipinski definition) is 1. The molecule has 0 saturated heterocycles. The number of ether oxygens (including phenoxy) is 1. The molecule has 3 nitrogen and oxygen atoms in total. The van der Waals surface area contributed by atoms with Gasteiger partial charge in [-0.1, -0.05) is 11.6 Å². The van der Waals surface area contributed by atoms with E-state index in [9.17, 15) is 18.0 Å². The molecule has 0 aliphatic heterocycles. The molecule has 0 aliphatic carbocycles. The zero-order valence-electron chi connectivity index (χ0n) is 10.6. The summed E-state index contributed by atoms with van der Waals surface area (Å²) in [6, 6.07) is 6.82. The number of alkyl halides is 3. The standard InChI is InChI=1S/C14H7BrClF3O3/c15-10-5-7(14(17,18)19)1-4-12(10)22-8-2-3-11(16)9(6-8)13(20)21/h1-6H,(H,20,21). The Kier molecular flexibility index (Phi) is 4.67. The second-order valence-corrected chi connectivity index (χ2v) is 5.45. The van der Waals surface area contributed by atoms with Crippen LogP contribution >= 0.6 is 27.5 Å². The molecule has 0 amide bonds. The molecule has 8 heteroatoms. The maximum atomic E-state index is 12.6. The number of hydrogen-bond acceptors (Lipinski definition) is 2. The number of aromatic carboxylic acids is 1. The van der Waals surface area contributed by atoms with Crippen molar-refractivity contribution in [3.05, 3.63) is 57.0 Å². The normalized spacial score (nSPS) is 11.3. The maximum Gasteiger partial charge on any atom is 0.416 e. The van der Waals surface area contributed by atoms with Gasteiger partial charge in [-0.3, -0.25) is 0 Å². The molecule has 22 heavy (non-hydrogen) atoms. The number of rotatable bonds is 3. The van der Waals surface area contributed by atoms with Gasteiger partial charge in [-0.15, -0.1) is 0 Å². The lowest BCUT2D eigenvalue weighted by molar-refractivity contribution is -0.137. The van der Waals surface area contributed by atoms with Crippen molar-refractivity contribution in [2.75, 3.05) is 0 Å². The fourth-order valence-corrected chi connectivity index (χ4v) is 2.28. The predicted molar refractivity (Wildman–Crippen MR) is 77.6 cm³/mol. The Morgan fingerprint density at radius 3 is 2.41 bits per heavy atom. The zero-order valence-corrected chi connectivity index (χ0v) is 13.0. The lowest BCUT2D eigenvalue weighted by atomic mass is 10.2. The zero-order chi connectivity index (χ0) is 16.5. The minimum absolute atomic E-state index is 0.0336. The molecular formula is C14H7BrClF3O3. The van der Waals surface area contributed by atoms with E-state index in [-0.39, 0.29) is 26.6 Å². The summed E-state index contributed by atoms with van der Waals surface area (Å²) >= 11 is 8.72. The molecule has 0 bridgehead atoms. The van der Waals surface area contributed by atoms with Gasteiger partial charge in [0.05, 0.1) is 20.6 Å².